The van der Waals surface area contributed by atoms with E-state index in [4.69, 9.17) is 14.2 Å². The van der Waals surface area contributed by atoms with Crippen LogP contribution >= 0.6 is 0 Å². The van der Waals surface area contributed by atoms with Crippen molar-refractivity contribution in [2.24, 2.45) is 11.3 Å². The lowest BCUT2D eigenvalue weighted by atomic mass is 9.79. The molecule has 136 valence electrons. The lowest BCUT2D eigenvalue weighted by Crippen LogP contribution is -2.58. The molecular weight excluding hydrogens is 316 g/mol. The van der Waals surface area contributed by atoms with Crippen LogP contribution in [0.4, 0.5) is 0 Å². The quantitative estimate of drug-likeness (QED) is 0.754. The molecule has 0 aliphatic carbocycles. The summed E-state index contributed by atoms with van der Waals surface area (Å²) in [5, 5.41) is 0. The molecule has 0 radical (unpaired) electrons. The van der Waals surface area contributed by atoms with Gasteiger partial charge in [0.1, 0.15) is 12.0 Å². The van der Waals surface area contributed by atoms with E-state index < -0.39 is 11.7 Å². The summed E-state index contributed by atoms with van der Waals surface area (Å²) in [5.41, 5.74) is 0.964. The van der Waals surface area contributed by atoms with Crippen LogP contribution in [0.3, 0.4) is 0 Å². The molecule has 1 aromatic carbocycles. The van der Waals surface area contributed by atoms with E-state index in [9.17, 15) is 4.79 Å². The molecule has 2 aliphatic rings. The first-order chi connectivity index (χ1) is 11.7. The second kappa shape index (κ2) is 6.58. The van der Waals surface area contributed by atoms with E-state index in [1.807, 2.05) is 56.3 Å². The normalized spacial score (nSPS) is 32.3. The van der Waals surface area contributed by atoms with Crippen LogP contribution in [0.5, 0.6) is 0 Å². The van der Waals surface area contributed by atoms with E-state index in [-0.39, 0.29) is 29.7 Å². The molecule has 3 rings (SSSR count). The van der Waals surface area contributed by atoms with Gasteiger partial charge in [0.15, 0.2) is 5.79 Å². The van der Waals surface area contributed by atoms with Crippen molar-refractivity contribution in [1.29, 1.82) is 0 Å². The first-order valence-electron chi connectivity index (χ1n) is 8.95. The molecule has 4 heteroatoms. The number of carbonyl (C=O) groups excluding carboxylic acids is 1. The predicted molar refractivity (Wildman–Crippen MR) is 96.7 cm³/mol. The predicted octanol–water partition coefficient (Wildman–Crippen LogP) is 4.20. The zero-order valence-electron chi connectivity index (χ0n) is 15.7. The average Bonchev–Trinajstić information content (AvgIpc) is 2.51. The monoisotopic (exact) mass is 344 g/mol. The molecule has 0 saturated carbocycles. The number of fused-ring (bicyclic) bond motifs is 1. The second-order valence-corrected chi connectivity index (χ2v) is 8.46. The van der Waals surface area contributed by atoms with Crippen LogP contribution in [0, 0.1) is 11.3 Å². The highest BCUT2D eigenvalue weighted by Crippen LogP contribution is 2.41. The number of hydrogen-bond donors (Lipinski definition) is 0. The zero-order valence-corrected chi connectivity index (χ0v) is 15.7. The molecule has 0 aromatic heterocycles. The van der Waals surface area contributed by atoms with Crippen LogP contribution in [-0.2, 0) is 19.0 Å². The molecule has 0 spiro atoms. The van der Waals surface area contributed by atoms with E-state index in [2.05, 4.69) is 20.8 Å². The van der Waals surface area contributed by atoms with Crippen LogP contribution in [-0.4, -0.2) is 30.1 Å². The molecule has 2 saturated heterocycles. The summed E-state index contributed by atoms with van der Waals surface area (Å²) in [4.78, 5) is 12.7. The maximum atomic E-state index is 12.7. The molecule has 0 bridgehead atoms. The molecule has 0 amide bonds. The van der Waals surface area contributed by atoms with Crippen molar-refractivity contribution in [2.45, 2.75) is 65.1 Å². The number of cyclic esters (lactones) is 1. The fourth-order valence-electron chi connectivity index (χ4n) is 3.50. The Morgan fingerprint density at radius 2 is 1.80 bits per heavy atom. The van der Waals surface area contributed by atoms with Crippen molar-refractivity contribution < 1.29 is 19.0 Å². The van der Waals surface area contributed by atoms with E-state index in [0.29, 0.717) is 6.42 Å². The van der Waals surface area contributed by atoms with Crippen LogP contribution in [0.1, 0.15) is 46.6 Å². The number of benzene rings is 1. The lowest BCUT2D eigenvalue weighted by Gasteiger charge is -2.49. The Labute approximate surface area is 150 Å². The van der Waals surface area contributed by atoms with Crippen LogP contribution in [0.25, 0.3) is 6.08 Å². The van der Waals surface area contributed by atoms with E-state index in [0.717, 1.165) is 5.56 Å². The Balaban J connectivity index is 1.84. The average molecular weight is 344 g/mol. The minimum Gasteiger partial charge on any atom is -0.461 e. The molecular formula is C21H28O4. The summed E-state index contributed by atoms with van der Waals surface area (Å²) in [5.74, 6) is -1.38. The fourth-order valence-corrected chi connectivity index (χ4v) is 3.50. The number of rotatable bonds is 2. The highest BCUT2D eigenvalue weighted by atomic mass is 16.7. The van der Waals surface area contributed by atoms with Gasteiger partial charge in [-0.15, -0.1) is 0 Å². The Morgan fingerprint density at radius 1 is 1.12 bits per heavy atom. The van der Waals surface area contributed by atoms with Crippen molar-refractivity contribution in [2.75, 3.05) is 0 Å². The summed E-state index contributed by atoms with van der Waals surface area (Å²) in [6.45, 7) is 10.1. The minimum absolute atomic E-state index is 0.109. The Morgan fingerprint density at radius 3 is 2.44 bits per heavy atom. The molecule has 0 unspecified atom stereocenters. The Bertz CT molecular complexity index is 642. The largest absolute Gasteiger partial charge is 0.461 e. The van der Waals surface area contributed by atoms with Crippen molar-refractivity contribution in [1.82, 2.24) is 0 Å². The van der Waals surface area contributed by atoms with Crippen LogP contribution < -0.4 is 0 Å². The molecule has 25 heavy (non-hydrogen) atoms. The van der Waals surface area contributed by atoms with Gasteiger partial charge in [0, 0.05) is 6.42 Å². The molecule has 2 fully saturated rings. The minimum atomic E-state index is -0.729. The van der Waals surface area contributed by atoms with Crippen molar-refractivity contribution >= 4 is 12.0 Å². The van der Waals surface area contributed by atoms with Gasteiger partial charge in [-0.25, -0.2) is 0 Å². The maximum Gasteiger partial charge on any atom is 0.314 e. The van der Waals surface area contributed by atoms with E-state index in [1.165, 1.54) is 0 Å². The smallest absolute Gasteiger partial charge is 0.314 e. The third kappa shape index (κ3) is 4.13. The van der Waals surface area contributed by atoms with E-state index in [1.54, 1.807) is 0 Å². The number of carbonyl (C=O) groups is 1. The van der Waals surface area contributed by atoms with Gasteiger partial charge in [0.25, 0.3) is 0 Å². The summed E-state index contributed by atoms with van der Waals surface area (Å²) in [7, 11) is 0. The highest BCUT2D eigenvalue weighted by Gasteiger charge is 2.52. The molecule has 1 aromatic rings. The van der Waals surface area contributed by atoms with Gasteiger partial charge in [0.05, 0.1) is 12.2 Å². The van der Waals surface area contributed by atoms with Gasteiger partial charge < -0.3 is 14.2 Å². The second-order valence-electron chi connectivity index (χ2n) is 8.46. The summed E-state index contributed by atoms with van der Waals surface area (Å²) in [6.07, 6.45) is 3.95. The summed E-state index contributed by atoms with van der Waals surface area (Å²) < 4.78 is 17.9. The summed E-state index contributed by atoms with van der Waals surface area (Å²) >= 11 is 0. The van der Waals surface area contributed by atoms with E-state index >= 15 is 0 Å². The Kier molecular flexibility index (Phi) is 4.78. The van der Waals surface area contributed by atoms with Gasteiger partial charge in [0.2, 0.25) is 0 Å². The maximum absolute atomic E-state index is 12.7. The van der Waals surface area contributed by atoms with Crippen LogP contribution in [0.2, 0.25) is 0 Å². The SMILES string of the molecule is CC1(C)O[C@@H](/C=C/c2ccccc2)[C@@H]2C(=O)O[C@H](C(C)(C)C)C[C@H]2O1. The third-order valence-electron chi connectivity index (χ3n) is 4.83. The molecule has 2 heterocycles. The van der Waals surface area contributed by atoms with Gasteiger partial charge in [-0.05, 0) is 24.8 Å². The number of esters is 1. The molecule has 2 aliphatic heterocycles. The Hall–Kier alpha value is -1.65. The molecule has 4 atom stereocenters. The van der Waals surface area contributed by atoms with Gasteiger partial charge in [-0.1, -0.05) is 63.3 Å². The van der Waals surface area contributed by atoms with Gasteiger partial charge >= 0.3 is 5.97 Å². The number of hydrogen-bond acceptors (Lipinski definition) is 4. The van der Waals surface area contributed by atoms with Gasteiger partial charge in [-0.3, -0.25) is 4.79 Å². The first kappa shape index (κ1) is 18.2. The standard InChI is InChI=1S/C21H28O4/c1-20(2,3)17-13-16-18(19(22)23-17)15(24-21(4,5)25-16)12-11-14-9-7-6-8-10-14/h6-12,15-18H,13H2,1-5H3/b12-11+/t15-,16+,17-,18-/m0/s1. The molecule has 0 N–H and O–H groups in total. The first-order valence-corrected chi connectivity index (χ1v) is 8.95. The fraction of sp³-hybridized carbons (Fsp3) is 0.571. The van der Waals surface area contributed by atoms with Crippen LogP contribution in [0.15, 0.2) is 36.4 Å². The topological polar surface area (TPSA) is 44.8 Å². The number of ether oxygens (including phenoxy) is 3. The zero-order chi connectivity index (χ0) is 18.2. The van der Waals surface area contributed by atoms with Gasteiger partial charge in [-0.2, -0.15) is 0 Å². The summed E-state index contributed by atoms with van der Waals surface area (Å²) in [6, 6.07) is 9.99. The third-order valence-corrected chi connectivity index (χ3v) is 4.83. The van der Waals surface area contributed by atoms with Crippen molar-refractivity contribution in [3.8, 4) is 0 Å². The van der Waals surface area contributed by atoms with Crippen molar-refractivity contribution in [3.63, 3.8) is 0 Å². The highest BCUT2D eigenvalue weighted by molar-refractivity contribution is 5.76. The van der Waals surface area contributed by atoms with Crippen molar-refractivity contribution in [3.05, 3.63) is 42.0 Å². The lowest BCUT2D eigenvalue weighted by molar-refractivity contribution is -0.322. The molecule has 4 nitrogen and oxygen atoms in total.